The molecule has 1 N–H and O–H groups in total. The molecule has 1 aromatic rings. The van der Waals surface area contributed by atoms with Gasteiger partial charge in [0.1, 0.15) is 0 Å². The number of guanidine groups is 1. The lowest BCUT2D eigenvalue weighted by Gasteiger charge is -2.36. The Hall–Kier alpha value is -3.03. The molecule has 8 nitrogen and oxygen atoms in total. The second-order valence-corrected chi connectivity index (χ2v) is 9.38. The van der Waals surface area contributed by atoms with E-state index in [1.54, 1.807) is 12.4 Å². The minimum atomic E-state index is 0.0358. The average Bonchev–Trinajstić information content (AvgIpc) is 3.43. The molecular formula is C24H31N7O. The van der Waals surface area contributed by atoms with Crippen LogP contribution in [-0.2, 0) is 4.79 Å². The van der Waals surface area contributed by atoms with Gasteiger partial charge in [0.15, 0.2) is 0 Å². The van der Waals surface area contributed by atoms with Crippen molar-refractivity contribution in [1.29, 1.82) is 0 Å². The molecule has 8 heteroatoms. The molecule has 0 aromatic carbocycles. The molecule has 4 aliphatic rings. The monoisotopic (exact) mass is 433 g/mol. The predicted octanol–water partition coefficient (Wildman–Crippen LogP) is 2.97. The molecule has 1 amide bonds. The second-order valence-electron chi connectivity index (χ2n) is 9.38. The van der Waals surface area contributed by atoms with Gasteiger partial charge in [-0.1, -0.05) is 24.5 Å². The van der Waals surface area contributed by atoms with E-state index in [1.165, 1.54) is 24.1 Å². The zero-order chi connectivity index (χ0) is 22.1. The fourth-order valence-electron chi connectivity index (χ4n) is 5.07. The first-order valence-corrected chi connectivity index (χ1v) is 11.7. The second kappa shape index (κ2) is 8.84. The van der Waals surface area contributed by atoms with E-state index >= 15 is 0 Å². The van der Waals surface area contributed by atoms with Crippen LogP contribution in [0.25, 0.3) is 5.70 Å². The van der Waals surface area contributed by atoms with E-state index in [4.69, 9.17) is 4.99 Å². The summed E-state index contributed by atoms with van der Waals surface area (Å²) in [6.45, 7) is 4.70. The first-order valence-electron chi connectivity index (χ1n) is 11.7. The summed E-state index contributed by atoms with van der Waals surface area (Å²) in [7, 11) is 0. The van der Waals surface area contributed by atoms with Gasteiger partial charge in [-0.15, -0.1) is 0 Å². The Morgan fingerprint density at radius 2 is 1.91 bits per heavy atom. The maximum absolute atomic E-state index is 13.4. The molecule has 5 rings (SSSR count). The smallest absolute Gasteiger partial charge is 0.256 e. The van der Waals surface area contributed by atoms with E-state index in [0.717, 1.165) is 30.8 Å². The first kappa shape index (κ1) is 20.8. The topological polar surface area (TPSA) is 87.8 Å². The van der Waals surface area contributed by atoms with Crippen molar-refractivity contribution in [2.24, 2.45) is 15.9 Å². The van der Waals surface area contributed by atoms with Crippen LogP contribution in [0.3, 0.4) is 0 Å². The van der Waals surface area contributed by atoms with Crippen LogP contribution in [0.15, 0.2) is 51.8 Å². The third kappa shape index (κ3) is 4.18. The maximum Gasteiger partial charge on any atom is 0.256 e. The van der Waals surface area contributed by atoms with Crippen LogP contribution in [0.2, 0.25) is 0 Å². The Labute approximate surface area is 188 Å². The van der Waals surface area contributed by atoms with Gasteiger partial charge in [-0.25, -0.2) is 9.98 Å². The summed E-state index contributed by atoms with van der Waals surface area (Å²) in [6, 6.07) is 0.638. The van der Waals surface area contributed by atoms with Gasteiger partial charge in [-0.05, 0) is 51.7 Å². The van der Waals surface area contributed by atoms with E-state index < -0.39 is 0 Å². The summed E-state index contributed by atoms with van der Waals surface area (Å²) in [5, 5.41) is 12.1. The molecule has 1 saturated heterocycles. The van der Waals surface area contributed by atoms with Crippen molar-refractivity contribution in [3.05, 3.63) is 41.8 Å². The third-order valence-electron chi connectivity index (χ3n) is 6.75. The van der Waals surface area contributed by atoms with E-state index in [2.05, 4.69) is 32.8 Å². The largest absolute Gasteiger partial charge is 0.350 e. The number of carbonyl (C=O) groups is 1. The number of hydrogen-bond donors (Lipinski definition) is 1. The number of aromatic nitrogens is 3. The minimum absolute atomic E-state index is 0.0358. The molecule has 0 spiro atoms. The Balaban J connectivity index is 1.29. The number of rotatable bonds is 4. The SMILES string of the molecule is CC(C)=C/C=C(\C1=CC2CCC(NC3=NC4CCCCC4C=N3)CN2C1=O)n1nccn1. The summed E-state index contributed by atoms with van der Waals surface area (Å²) < 4.78 is 0. The van der Waals surface area contributed by atoms with Crippen molar-refractivity contribution >= 4 is 23.8 Å². The number of carbonyl (C=O) groups excluding carboxylic acids is 1. The van der Waals surface area contributed by atoms with Crippen LogP contribution in [0, 0.1) is 5.92 Å². The molecule has 4 atom stereocenters. The minimum Gasteiger partial charge on any atom is -0.350 e. The average molecular weight is 434 g/mol. The number of amides is 1. The van der Waals surface area contributed by atoms with Gasteiger partial charge in [0.05, 0.1) is 35.7 Å². The fourth-order valence-corrected chi connectivity index (χ4v) is 5.07. The molecule has 32 heavy (non-hydrogen) atoms. The zero-order valence-electron chi connectivity index (χ0n) is 18.8. The van der Waals surface area contributed by atoms with Crippen molar-refractivity contribution in [2.75, 3.05) is 6.54 Å². The van der Waals surface area contributed by atoms with Crippen LogP contribution < -0.4 is 5.32 Å². The van der Waals surface area contributed by atoms with Gasteiger partial charge < -0.3 is 10.2 Å². The highest BCUT2D eigenvalue weighted by atomic mass is 16.2. The normalized spacial score (nSPS) is 29.8. The molecule has 0 radical (unpaired) electrons. The number of piperidine rings is 1. The van der Waals surface area contributed by atoms with Crippen LogP contribution in [0.5, 0.6) is 0 Å². The van der Waals surface area contributed by atoms with Gasteiger partial charge in [0.25, 0.3) is 5.91 Å². The lowest BCUT2D eigenvalue weighted by atomic mass is 9.85. The highest BCUT2D eigenvalue weighted by Crippen LogP contribution is 2.32. The molecule has 1 aromatic heterocycles. The van der Waals surface area contributed by atoms with Crippen molar-refractivity contribution in [2.45, 2.75) is 70.5 Å². The van der Waals surface area contributed by atoms with E-state index in [9.17, 15) is 4.79 Å². The van der Waals surface area contributed by atoms with E-state index in [-0.39, 0.29) is 18.0 Å². The van der Waals surface area contributed by atoms with Crippen LogP contribution in [0.4, 0.5) is 0 Å². The molecule has 2 fully saturated rings. The molecular weight excluding hydrogens is 402 g/mol. The van der Waals surface area contributed by atoms with E-state index in [1.807, 2.05) is 30.9 Å². The molecule has 1 aliphatic carbocycles. The number of fused-ring (bicyclic) bond motifs is 2. The Bertz CT molecular complexity index is 1010. The maximum atomic E-state index is 13.4. The van der Waals surface area contributed by atoms with Gasteiger partial charge in [-0.2, -0.15) is 15.0 Å². The number of nitrogens with one attached hydrogen (secondary N) is 1. The van der Waals surface area contributed by atoms with Gasteiger partial charge in [0, 0.05) is 24.7 Å². The summed E-state index contributed by atoms with van der Waals surface area (Å²) in [5.41, 5.74) is 2.53. The van der Waals surface area contributed by atoms with Crippen molar-refractivity contribution < 1.29 is 4.79 Å². The first-order chi connectivity index (χ1) is 15.6. The summed E-state index contributed by atoms with van der Waals surface area (Å²) in [6.07, 6.45) is 18.1. The molecule has 168 valence electrons. The number of allylic oxidation sites excluding steroid dienone is 3. The molecule has 1 saturated carbocycles. The van der Waals surface area contributed by atoms with Crippen LogP contribution in [-0.4, -0.2) is 62.6 Å². The summed E-state index contributed by atoms with van der Waals surface area (Å²) >= 11 is 0. The van der Waals surface area contributed by atoms with Crippen LogP contribution in [0.1, 0.15) is 52.4 Å². The Morgan fingerprint density at radius 3 is 2.72 bits per heavy atom. The Kier molecular flexibility index (Phi) is 5.76. The van der Waals surface area contributed by atoms with Gasteiger partial charge >= 0.3 is 0 Å². The number of hydrogen-bond acceptors (Lipinski definition) is 6. The standard InChI is InChI=1S/C24H31N7O/c1-16(2)7-10-22(31-26-11-12-27-31)20-13-19-9-8-18(15-30(19)23(20)32)28-24-25-14-17-5-3-4-6-21(17)29-24/h7,10-14,17-19,21H,3-6,8-9,15H2,1-2H3,(H,28,29)/b22-10+. The fraction of sp³-hybridized carbons (Fsp3) is 0.542. The Morgan fingerprint density at radius 1 is 1.09 bits per heavy atom. The van der Waals surface area contributed by atoms with Crippen molar-refractivity contribution in [3.8, 4) is 0 Å². The molecule has 4 heterocycles. The quantitative estimate of drug-likeness (QED) is 0.740. The molecule has 4 unspecified atom stereocenters. The summed E-state index contributed by atoms with van der Waals surface area (Å²) in [4.78, 5) is 26.4. The lowest BCUT2D eigenvalue weighted by Crippen LogP contribution is -2.51. The number of nitrogens with zero attached hydrogens (tertiary/aromatic N) is 6. The molecule has 0 bridgehead atoms. The van der Waals surface area contributed by atoms with Gasteiger partial charge in [0.2, 0.25) is 5.96 Å². The number of aliphatic imine (C=N–C) groups is 2. The van der Waals surface area contributed by atoms with Crippen LogP contribution >= 0.6 is 0 Å². The predicted molar refractivity (Wildman–Crippen MR) is 125 cm³/mol. The van der Waals surface area contributed by atoms with Crippen molar-refractivity contribution in [3.63, 3.8) is 0 Å². The summed E-state index contributed by atoms with van der Waals surface area (Å²) in [5.74, 6) is 1.27. The molecule has 3 aliphatic heterocycles. The zero-order valence-corrected chi connectivity index (χ0v) is 18.8. The highest BCUT2D eigenvalue weighted by Gasteiger charge is 2.39. The van der Waals surface area contributed by atoms with E-state index in [0.29, 0.717) is 29.8 Å². The third-order valence-corrected chi connectivity index (χ3v) is 6.75. The highest BCUT2D eigenvalue weighted by molar-refractivity contribution is 6.08. The van der Waals surface area contributed by atoms with Crippen molar-refractivity contribution in [1.82, 2.24) is 25.2 Å². The lowest BCUT2D eigenvalue weighted by molar-refractivity contribution is -0.128. The van der Waals surface area contributed by atoms with Gasteiger partial charge in [-0.3, -0.25) is 4.79 Å².